The number of rotatable bonds is 6. The smallest absolute Gasteiger partial charge is 0.323 e. The molecule has 0 fully saturated rings. The molecule has 6 heteroatoms. The van der Waals surface area contributed by atoms with E-state index in [2.05, 4.69) is 15.6 Å². The zero-order valence-corrected chi connectivity index (χ0v) is 8.48. The number of guanidine groups is 1. The second-order valence-electron chi connectivity index (χ2n) is 2.87. The molecule has 1 atom stereocenters. The second-order valence-corrected chi connectivity index (χ2v) is 2.87. The van der Waals surface area contributed by atoms with Crippen LogP contribution in [0, 0.1) is 12.3 Å². The minimum atomic E-state index is -0.674. The van der Waals surface area contributed by atoms with Gasteiger partial charge in [-0.2, -0.15) is 0 Å². The van der Waals surface area contributed by atoms with E-state index in [0.717, 1.165) is 0 Å². The van der Waals surface area contributed by atoms with E-state index in [9.17, 15) is 4.79 Å². The van der Waals surface area contributed by atoms with E-state index in [0.29, 0.717) is 19.4 Å². The Morgan fingerprint density at radius 2 is 2.20 bits per heavy atom. The summed E-state index contributed by atoms with van der Waals surface area (Å²) in [4.78, 5) is 14.9. The van der Waals surface area contributed by atoms with Gasteiger partial charge in [0.05, 0.1) is 0 Å². The van der Waals surface area contributed by atoms with Crippen molar-refractivity contribution in [2.45, 2.75) is 18.9 Å². The molecule has 0 aliphatic rings. The monoisotopic (exact) mass is 212 g/mol. The Balaban J connectivity index is 3.65. The predicted molar refractivity (Wildman–Crippen MR) is 57.7 cm³/mol. The van der Waals surface area contributed by atoms with Crippen molar-refractivity contribution in [2.75, 3.05) is 13.2 Å². The number of terminal acetylenes is 1. The molecule has 0 saturated carbocycles. The average molecular weight is 212 g/mol. The highest BCUT2D eigenvalue weighted by atomic mass is 16.5. The highest BCUT2D eigenvalue weighted by Crippen LogP contribution is 1.97. The molecule has 0 heterocycles. The predicted octanol–water partition coefficient (Wildman–Crippen LogP) is -1.46. The first-order chi connectivity index (χ1) is 7.07. The zero-order valence-electron chi connectivity index (χ0n) is 8.48. The van der Waals surface area contributed by atoms with E-state index >= 15 is 0 Å². The van der Waals surface area contributed by atoms with Gasteiger partial charge in [0.1, 0.15) is 6.04 Å². The molecule has 0 amide bonds. The van der Waals surface area contributed by atoms with Gasteiger partial charge in [-0.05, 0) is 12.8 Å². The van der Waals surface area contributed by atoms with Crippen LogP contribution in [0.25, 0.3) is 0 Å². The van der Waals surface area contributed by atoms with E-state index < -0.39 is 12.0 Å². The minimum Gasteiger partial charge on any atom is -0.451 e. The summed E-state index contributed by atoms with van der Waals surface area (Å²) in [7, 11) is 0. The zero-order chi connectivity index (χ0) is 11.7. The Morgan fingerprint density at radius 3 is 2.73 bits per heavy atom. The number of carbonyl (C=O) groups excluding carboxylic acids is 1. The number of hydrogen-bond acceptors (Lipinski definition) is 4. The van der Waals surface area contributed by atoms with Crippen molar-refractivity contribution in [1.29, 1.82) is 0 Å². The summed E-state index contributed by atoms with van der Waals surface area (Å²) in [5.74, 6) is 1.71. The lowest BCUT2D eigenvalue weighted by Gasteiger charge is -2.08. The number of ether oxygens (including phenoxy) is 1. The largest absolute Gasteiger partial charge is 0.451 e. The summed E-state index contributed by atoms with van der Waals surface area (Å²) in [6.07, 6.45) is 5.99. The first-order valence-electron chi connectivity index (χ1n) is 4.49. The van der Waals surface area contributed by atoms with Crippen LogP contribution in [0.4, 0.5) is 0 Å². The molecule has 15 heavy (non-hydrogen) atoms. The summed E-state index contributed by atoms with van der Waals surface area (Å²) >= 11 is 0. The van der Waals surface area contributed by atoms with Gasteiger partial charge in [-0.1, -0.05) is 5.92 Å². The molecule has 0 aliphatic carbocycles. The van der Waals surface area contributed by atoms with Crippen molar-refractivity contribution in [3.05, 3.63) is 0 Å². The van der Waals surface area contributed by atoms with Crippen molar-refractivity contribution >= 4 is 11.9 Å². The van der Waals surface area contributed by atoms with Crippen LogP contribution in [0.2, 0.25) is 0 Å². The number of carbonyl (C=O) groups is 1. The molecule has 84 valence electrons. The molecule has 0 aliphatic heterocycles. The van der Waals surface area contributed by atoms with E-state index in [1.807, 2.05) is 0 Å². The standard InChI is InChI=1S/C9H16N4O2/c1-2-6-15-8(14)7(10)4-3-5-13-9(11)12/h1,7H,3-6,10H2,(H4,11,12,13)/t7-/m1/s1. The summed E-state index contributed by atoms with van der Waals surface area (Å²) in [6, 6.07) is -0.674. The summed E-state index contributed by atoms with van der Waals surface area (Å²) < 4.78 is 4.65. The van der Waals surface area contributed by atoms with Crippen LogP contribution in [0.3, 0.4) is 0 Å². The van der Waals surface area contributed by atoms with Crippen molar-refractivity contribution in [2.24, 2.45) is 22.2 Å². The van der Waals surface area contributed by atoms with Crippen LogP contribution < -0.4 is 17.2 Å². The highest BCUT2D eigenvalue weighted by molar-refractivity contribution is 5.76. The van der Waals surface area contributed by atoms with E-state index in [1.165, 1.54) is 0 Å². The fourth-order valence-corrected chi connectivity index (χ4v) is 0.857. The van der Waals surface area contributed by atoms with Gasteiger partial charge in [-0.25, -0.2) is 0 Å². The molecule has 0 spiro atoms. The first-order valence-corrected chi connectivity index (χ1v) is 4.49. The third kappa shape index (κ3) is 7.34. The maximum atomic E-state index is 11.1. The van der Waals surface area contributed by atoms with Gasteiger partial charge in [0.15, 0.2) is 12.6 Å². The topological polar surface area (TPSA) is 117 Å². The fourth-order valence-electron chi connectivity index (χ4n) is 0.857. The van der Waals surface area contributed by atoms with Crippen molar-refractivity contribution in [1.82, 2.24) is 0 Å². The third-order valence-corrected chi connectivity index (χ3v) is 1.57. The van der Waals surface area contributed by atoms with Gasteiger partial charge in [-0.15, -0.1) is 6.42 Å². The molecule has 0 bridgehead atoms. The SMILES string of the molecule is C#CCOC(=O)[C@H](N)CCCN=C(N)N. The molecule has 6 nitrogen and oxygen atoms in total. The van der Waals surface area contributed by atoms with E-state index in [4.69, 9.17) is 23.6 Å². The van der Waals surface area contributed by atoms with Gasteiger partial charge in [0.2, 0.25) is 0 Å². The fraction of sp³-hybridized carbons (Fsp3) is 0.556. The Kier molecular flexibility index (Phi) is 6.76. The normalized spacial score (nSPS) is 11.2. The Bertz CT molecular complexity index is 266. The van der Waals surface area contributed by atoms with Gasteiger partial charge in [-0.3, -0.25) is 9.79 Å². The van der Waals surface area contributed by atoms with Crippen LogP contribution in [0.5, 0.6) is 0 Å². The summed E-state index contributed by atoms with van der Waals surface area (Å²) in [5.41, 5.74) is 15.8. The van der Waals surface area contributed by atoms with Crippen LogP contribution >= 0.6 is 0 Å². The minimum absolute atomic E-state index is 0.0264. The molecular weight excluding hydrogens is 196 g/mol. The van der Waals surface area contributed by atoms with Gasteiger partial charge in [0, 0.05) is 6.54 Å². The number of hydrogen-bond donors (Lipinski definition) is 3. The molecule has 0 aromatic heterocycles. The number of nitrogens with two attached hydrogens (primary N) is 3. The Hall–Kier alpha value is -1.74. The van der Waals surface area contributed by atoms with Crippen LogP contribution in [-0.2, 0) is 9.53 Å². The first kappa shape index (κ1) is 13.3. The van der Waals surface area contributed by atoms with Gasteiger partial charge < -0.3 is 21.9 Å². The van der Waals surface area contributed by atoms with E-state index in [1.54, 1.807) is 0 Å². The Morgan fingerprint density at radius 1 is 1.53 bits per heavy atom. The highest BCUT2D eigenvalue weighted by Gasteiger charge is 2.13. The Labute approximate surface area is 88.8 Å². The average Bonchev–Trinajstić information content (AvgIpc) is 2.20. The summed E-state index contributed by atoms with van der Waals surface area (Å²) in [6.45, 7) is 0.388. The molecule has 0 radical (unpaired) electrons. The number of nitrogens with zero attached hydrogens (tertiary/aromatic N) is 1. The maximum Gasteiger partial charge on any atom is 0.323 e. The van der Waals surface area contributed by atoms with Crippen molar-refractivity contribution in [3.8, 4) is 12.3 Å². The third-order valence-electron chi connectivity index (χ3n) is 1.57. The summed E-state index contributed by atoms with van der Waals surface area (Å²) in [5, 5.41) is 0. The molecule has 0 saturated heterocycles. The van der Waals surface area contributed by atoms with Crippen molar-refractivity contribution in [3.63, 3.8) is 0 Å². The molecule has 0 unspecified atom stereocenters. The lowest BCUT2D eigenvalue weighted by molar-refractivity contribution is -0.143. The lowest BCUT2D eigenvalue weighted by atomic mass is 10.2. The lowest BCUT2D eigenvalue weighted by Crippen LogP contribution is -2.32. The maximum absolute atomic E-state index is 11.1. The van der Waals surface area contributed by atoms with E-state index in [-0.39, 0.29) is 12.6 Å². The number of esters is 1. The molecule has 0 aromatic rings. The second kappa shape index (κ2) is 7.64. The van der Waals surface area contributed by atoms with Crippen LogP contribution in [0.1, 0.15) is 12.8 Å². The quantitative estimate of drug-likeness (QED) is 0.164. The molecule has 0 rings (SSSR count). The van der Waals surface area contributed by atoms with Crippen molar-refractivity contribution < 1.29 is 9.53 Å². The van der Waals surface area contributed by atoms with Gasteiger partial charge >= 0.3 is 5.97 Å². The van der Waals surface area contributed by atoms with Crippen LogP contribution in [0.15, 0.2) is 4.99 Å². The molecule has 6 N–H and O–H groups in total. The van der Waals surface area contributed by atoms with Crippen LogP contribution in [-0.4, -0.2) is 31.1 Å². The number of aliphatic imine (C=N–C) groups is 1. The molecular formula is C9H16N4O2. The van der Waals surface area contributed by atoms with Gasteiger partial charge in [0.25, 0.3) is 0 Å². The molecule has 0 aromatic carbocycles.